The summed E-state index contributed by atoms with van der Waals surface area (Å²) >= 11 is 5.86. The van der Waals surface area contributed by atoms with Gasteiger partial charge in [-0.3, -0.25) is 4.79 Å². The molecule has 126 valence electrons. The molecule has 0 aliphatic heterocycles. The lowest BCUT2D eigenvalue weighted by Gasteiger charge is -2.12. The molecule has 0 fully saturated rings. The molecule has 0 aromatic heterocycles. The highest BCUT2D eigenvalue weighted by Crippen LogP contribution is 2.37. The Morgan fingerprint density at radius 2 is 1.75 bits per heavy atom. The summed E-state index contributed by atoms with van der Waals surface area (Å²) in [5.74, 6) is 1.13. The predicted octanol–water partition coefficient (Wildman–Crippen LogP) is 3.13. The van der Waals surface area contributed by atoms with Gasteiger partial charge >= 0.3 is 0 Å². The number of hydrazone groups is 1. The monoisotopic (exact) mass is 348 g/mol. The minimum Gasteiger partial charge on any atom is -0.493 e. The molecule has 0 bridgehead atoms. The summed E-state index contributed by atoms with van der Waals surface area (Å²) in [5.41, 5.74) is 3.53. The molecule has 1 N–H and O–H groups in total. The second kappa shape index (κ2) is 8.21. The van der Waals surface area contributed by atoms with Gasteiger partial charge in [0.05, 0.1) is 27.5 Å². The summed E-state index contributed by atoms with van der Waals surface area (Å²) in [6.45, 7) is 0. The Bertz CT molecular complexity index is 737. The maximum Gasteiger partial charge on any atom is 0.271 e. The third-order valence-corrected chi connectivity index (χ3v) is 3.39. The van der Waals surface area contributed by atoms with Crippen LogP contribution in [0, 0.1) is 0 Å². The molecule has 2 rings (SSSR count). The molecule has 0 saturated heterocycles. The maximum absolute atomic E-state index is 12.0. The van der Waals surface area contributed by atoms with Gasteiger partial charge in [0, 0.05) is 16.1 Å². The van der Waals surface area contributed by atoms with E-state index in [1.54, 1.807) is 36.4 Å². The molecule has 0 heterocycles. The second-order valence-electron chi connectivity index (χ2n) is 4.67. The average Bonchev–Trinajstić information content (AvgIpc) is 2.60. The van der Waals surface area contributed by atoms with E-state index in [0.29, 0.717) is 33.4 Å². The number of ether oxygens (including phenoxy) is 3. The van der Waals surface area contributed by atoms with Crippen LogP contribution in [-0.2, 0) is 0 Å². The Morgan fingerprint density at radius 3 is 2.29 bits per heavy atom. The molecule has 0 aliphatic rings. The van der Waals surface area contributed by atoms with E-state index in [2.05, 4.69) is 10.5 Å². The fraction of sp³-hybridized carbons (Fsp3) is 0.176. The van der Waals surface area contributed by atoms with Crippen LogP contribution in [0.15, 0.2) is 41.5 Å². The largest absolute Gasteiger partial charge is 0.493 e. The Hall–Kier alpha value is -2.73. The third kappa shape index (κ3) is 4.17. The number of benzene rings is 2. The lowest BCUT2D eigenvalue weighted by molar-refractivity contribution is 0.0955. The molecule has 0 unspecified atom stereocenters. The van der Waals surface area contributed by atoms with Gasteiger partial charge in [0.15, 0.2) is 11.5 Å². The van der Waals surface area contributed by atoms with Crippen LogP contribution in [0.25, 0.3) is 0 Å². The van der Waals surface area contributed by atoms with Crippen LogP contribution in [0.3, 0.4) is 0 Å². The van der Waals surface area contributed by atoms with Gasteiger partial charge < -0.3 is 14.2 Å². The van der Waals surface area contributed by atoms with Gasteiger partial charge in [0.2, 0.25) is 5.75 Å². The number of nitrogens with one attached hydrogen (secondary N) is 1. The van der Waals surface area contributed by atoms with Crippen LogP contribution in [0.5, 0.6) is 17.2 Å². The molecular weight excluding hydrogens is 332 g/mol. The summed E-state index contributed by atoms with van der Waals surface area (Å²) < 4.78 is 15.8. The van der Waals surface area contributed by atoms with Crippen LogP contribution < -0.4 is 19.6 Å². The van der Waals surface area contributed by atoms with Crippen molar-refractivity contribution in [3.8, 4) is 17.2 Å². The zero-order chi connectivity index (χ0) is 17.5. The smallest absolute Gasteiger partial charge is 0.271 e. The molecule has 0 aliphatic carbocycles. The fourth-order valence-corrected chi connectivity index (χ4v) is 2.23. The molecule has 6 nitrogen and oxygen atoms in total. The average molecular weight is 349 g/mol. The number of methoxy groups -OCH3 is 3. The van der Waals surface area contributed by atoms with Crippen molar-refractivity contribution in [3.63, 3.8) is 0 Å². The van der Waals surface area contributed by atoms with Crippen molar-refractivity contribution in [3.05, 3.63) is 52.5 Å². The van der Waals surface area contributed by atoms with Gasteiger partial charge in [0.25, 0.3) is 5.91 Å². The summed E-state index contributed by atoms with van der Waals surface area (Å²) in [5, 5.41) is 4.42. The van der Waals surface area contributed by atoms with E-state index in [1.807, 2.05) is 0 Å². The van der Waals surface area contributed by atoms with Crippen molar-refractivity contribution >= 4 is 23.7 Å². The van der Waals surface area contributed by atoms with Crippen molar-refractivity contribution in [2.24, 2.45) is 5.10 Å². The van der Waals surface area contributed by atoms with Crippen molar-refractivity contribution in [1.29, 1.82) is 0 Å². The number of carbonyl (C=O) groups excluding carboxylic acids is 1. The van der Waals surface area contributed by atoms with E-state index in [1.165, 1.54) is 27.5 Å². The van der Waals surface area contributed by atoms with Gasteiger partial charge in [-0.15, -0.1) is 0 Å². The number of nitrogens with zero attached hydrogens (tertiary/aromatic N) is 1. The molecule has 7 heteroatoms. The lowest BCUT2D eigenvalue weighted by Crippen LogP contribution is -2.17. The predicted molar refractivity (Wildman–Crippen MR) is 92.6 cm³/mol. The number of carbonyl (C=O) groups is 1. The van der Waals surface area contributed by atoms with Crippen LogP contribution in [0.1, 0.15) is 15.9 Å². The van der Waals surface area contributed by atoms with Crippen LogP contribution >= 0.6 is 11.6 Å². The standard InChI is InChI=1S/C17H17ClN2O4/c1-22-14-7-11(8-15(23-2)16(14)24-3)10-19-20-17(21)12-5-4-6-13(18)9-12/h4-10H,1-3H3,(H,20,21)/b19-10+. The second-order valence-corrected chi connectivity index (χ2v) is 5.10. The molecule has 1 amide bonds. The van der Waals surface area contributed by atoms with E-state index in [0.717, 1.165) is 0 Å². The Labute approximate surface area is 145 Å². The first-order chi connectivity index (χ1) is 11.6. The Balaban J connectivity index is 2.15. The molecule has 2 aromatic rings. The zero-order valence-electron chi connectivity index (χ0n) is 13.5. The summed E-state index contributed by atoms with van der Waals surface area (Å²) in [6.07, 6.45) is 1.48. The van der Waals surface area contributed by atoms with Crippen molar-refractivity contribution in [2.75, 3.05) is 21.3 Å². The molecule has 24 heavy (non-hydrogen) atoms. The molecule has 2 aromatic carbocycles. The zero-order valence-corrected chi connectivity index (χ0v) is 14.3. The molecule has 0 atom stereocenters. The summed E-state index contributed by atoms with van der Waals surface area (Å²) in [4.78, 5) is 12.0. The topological polar surface area (TPSA) is 69.2 Å². The normalized spacial score (nSPS) is 10.5. The first-order valence-electron chi connectivity index (χ1n) is 6.98. The van der Waals surface area contributed by atoms with E-state index in [-0.39, 0.29) is 5.91 Å². The van der Waals surface area contributed by atoms with Gasteiger partial charge in [-0.25, -0.2) is 5.43 Å². The number of hydrogen-bond acceptors (Lipinski definition) is 5. The van der Waals surface area contributed by atoms with E-state index in [4.69, 9.17) is 25.8 Å². The van der Waals surface area contributed by atoms with Crippen LogP contribution in [0.4, 0.5) is 0 Å². The summed E-state index contributed by atoms with van der Waals surface area (Å²) in [6, 6.07) is 10.0. The highest BCUT2D eigenvalue weighted by molar-refractivity contribution is 6.30. The molecule has 0 radical (unpaired) electrons. The van der Waals surface area contributed by atoms with Gasteiger partial charge in [-0.05, 0) is 30.3 Å². The lowest BCUT2D eigenvalue weighted by atomic mass is 10.2. The van der Waals surface area contributed by atoms with E-state index < -0.39 is 0 Å². The minimum atomic E-state index is -0.360. The SMILES string of the molecule is COc1cc(/C=N/NC(=O)c2cccc(Cl)c2)cc(OC)c1OC. The number of amides is 1. The first-order valence-corrected chi connectivity index (χ1v) is 7.35. The number of hydrogen-bond donors (Lipinski definition) is 1. The van der Waals surface area contributed by atoms with E-state index in [9.17, 15) is 4.79 Å². The number of halogens is 1. The van der Waals surface area contributed by atoms with Gasteiger partial charge in [-0.1, -0.05) is 17.7 Å². The van der Waals surface area contributed by atoms with Crippen molar-refractivity contribution < 1.29 is 19.0 Å². The van der Waals surface area contributed by atoms with Crippen molar-refractivity contribution in [2.45, 2.75) is 0 Å². The summed E-state index contributed by atoms with van der Waals surface area (Å²) in [7, 11) is 4.58. The number of rotatable bonds is 6. The molecule has 0 spiro atoms. The Morgan fingerprint density at radius 1 is 1.08 bits per heavy atom. The van der Waals surface area contributed by atoms with Crippen LogP contribution in [0.2, 0.25) is 5.02 Å². The minimum absolute atomic E-state index is 0.360. The Kier molecular flexibility index (Phi) is 6.03. The van der Waals surface area contributed by atoms with Gasteiger partial charge in [0.1, 0.15) is 0 Å². The molecular formula is C17H17ClN2O4. The first kappa shape index (κ1) is 17.6. The quantitative estimate of drug-likeness (QED) is 0.643. The highest BCUT2D eigenvalue weighted by Gasteiger charge is 2.12. The van der Waals surface area contributed by atoms with Crippen LogP contribution in [-0.4, -0.2) is 33.5 Å². The molecule has 0 saturated carbocycles. The van der Waals surface area contributed by atoms with E-state index >= 15 is 0 Å². The maximum atomic E-state index is 12.0. The van der Waals surface area contributed by atoms with Gasteiger partial charge in [-0.2, -0.15) is 5.10 Å². The fourth-order valence-electron chi connectivity index (χ4n) is 2.04. The van der Waals surface area contributed by atoms with Crippen molar-refractivity contribution in [1.82, 2.24) is 5.43 Å². The third-order valence-electron chi connectivity index (χ3n) is 3.15. The highest BCUT2D eigenvalue weighted by atomic mass is 35.5.